The first kappa shape index (κ1) is 13.0. The molecular weight excluding hydrogens is 184 g/mol. The molecule has 2 heteroatoms. The maximum atomic E-state index is 3.38. The fourth-order valence-corrected chi connectivity index (χ4v) is 2.77. The van der Waals surface area contributed by atoms with Crippen molar-refractivity contribution in [2.45, 2.75) is 58.0 Å². The highest BCUT2D eigenvalue weighted by molar-refractivity contribution is 4.85. The fourth-order valence-electron chi connectivity index (χ4n) is 2.77. The number of nitrogens with one attached hydrogen (secondary N) is 1. The minimum atomic E-state index is 0.228. The minimum Gasteiger partial charge on any atom is -0.314 e. The van der Waals surface area contributed by atoms with Crippen molar-refractivity contribution in [2.75, 3.05) is 20.6 Å². The molecule has 0 radical (unpaired) electrons. The second-order valence-electron chi connectivity index (χ2n) is 5.88. The molecule has 0 aromatic carbocycles. The lowest BCUT2D eigenvalue weighted by Crippen LogP contribution is -2.51. The summed E-state index contributed by atoms with van der Waals surface area (Å²) >= 11 is 0. The molecule has 2 nitrogen and oxygen atoms in total. The van der Waals surface area contributed by atoms with E-state index in [0.717, 1.165) is 18.5 Å². The van der Waals surface area contributed by atoms with Gasteiger partial charge in [-0.25, -0.2) is 0 Å². The zero-order valence-electron chi connectivity index (χ0n) is 11.1. The molecule has 15 heavy (non-hydrogen) atoms. The summed E-state index contributed by atoms with van der Waals surface area (Å²) in [5, 5.41) is 3.38. The lowest BCUT2D eigenvalue weighted by Gasteiger charge is -2.40. The Kier molecular flexibility index (Phi) is 4.60. The van der Waals surface area contributed by atoms with Crippen LogP contribution in [0.3, 0.4) is 0 Å². The summed E-state index contributed by atoms with van der Waals surface area (Å²) < 4.78 is 0. The van der Waals surface area contributed by atoms with E-state index in [4.69, 9.17) is 0 Å². The molecule has 1 saturated carbocycles. The van der Waals surface area contributed by atoms with E-state index in [1.165, 1.54) is 25.7 Å². The van der Waals surface area contributed by atoms with Crippen molar-refractivity contribution in [3.05, 3.63) is 0 Å². The van der Waals surface area contributed by atoms with Gasteiger partial charge < -0.3 is 10.2 Å². The summed E-state index contributed by atoms with van der Waals surface area (Å²) in [4.78, 5) is 2.56. The average molecular weight is 212 g/mol. The largest absolute Gasteiger partial charge is 0.314 e. The topological polar surface area (TPSA) is 15.3 Å². The summed E-state index contributed by atoms with van der Waals surface area (Å²) in [6.07, 6.45) is 5.65. The van der Waals surface area contributed by atoms with Gasteiger partial charge in [-0.05, 0) is 46.7 Å². The Hall–Kier alpha value is -0.0800. The highest BCUT2D eigenvalue weighted by Gasteiger charge is 2.28. The number of hydrogen-bond acceptors (Lipinski definition) is 2. The Labute approximate surface area is 95.4 Å². The third kappa shape index (κ3) is 3.76. The molecule has 0 amide bonds. The van der Waals surface area contributed by atoms with Gasteiger partial charge in [0.1, 0.15) is 0 Å². The third-order valence-electron chi connectivity index (χ3n) is 3.95. The van der Waals surface area contributed by atoms with Crippen LogP contribution < -0.4 is 5.32 Å². The summed E-state index contributed by atoms with van der Waals surface area (Å²) in [6, 6.07) is 0.798. The van der Waals surface area contributed by atoms with Crippen LogP contribution in [0.4, 0.5) is 0 Å². The van der Waals surface area contributed by atoms with Crippen LogP contribution in [0.1, 0.15) is 46.5 Å². The Balaban J connectivity index is 2.48. The van der Waals surface area contributed by atoms with Gasteiger partial charge in [0.05, 0.1) is 0 Å². The van der Waals surface area contributed by atoms with Crippen LogP contribution in [0.2, 0.25) is 0 Å². The zero-order chi connectivity index (χ0) is 11.5. The Morgan fingerprint density at radius 3 is 2.40 bits per heavy atom. The van der Waals surface area contributed by atoms with Crippen LogP contribution in [-0.4, -0.2) is 37.1 Å². The number of likely N-dealkylation sites (N-methyl/N-ethyl adjacent to an activating group) is 2. The molecule has 90 valence electrons. The van der Waals surface area contributed by atoms with Gasteiger partial charge in [-0.15, -0.1) is 0 Å². The standard InChI is InChI=1S/C13H28N2/c1-11-8-6-7-9-12(11)15(5)10-13(2,3)14-4/h11-12,14H,6-10H2,1-5H3. The monoisotopic (exact) mass is 212 g/mol. The quantitative estimate of drug-likeness (QED) is 0.770. The van der Waals surface area contributed by atoms with Crippen LogP contribution in [-0.2, 0) is 0 Å². The van der Waals surface area contributed by atoms with Gasteiger partial charge in [0.15, 0.2) is 0 Å². The van der Waals surface area contributed by atoms with Crippen molar-refractivity contribution < 1.29 is 0 Å². The molecule has 0 saturated heterocycles. The Morgan fingerprint density at radius 1 is 1.27 bits per heavy atom. The molecule has 1 rings (SSSR count). The second-order valence-corrected chi connectivity index (χ2v) is 5.88. The molecule has 0 spiro atoms. The zero-order valence-corrected chi connectivity index (χ0v) is 11.1. The Bertz CT molecular complexity index is 189. The molecule has 0 bridgehead atoms. The number of nitrogens with zero attached hydrogens (tertiary/aromatic N) is 1. The van der Waals surface area contributed by atoms with Crippen molar-refractivity contribution >= 4 is 0 Å². The smallest absolute Gasteiger partial charge is 0.0249 e. The van der Waals surface area contributed by atoms with Crippen molar-refractivity contribution in [3.63, 3.8) is 0 Å². The van der Waals surface area contributed by atoms with Crippen molar-refractivity contribution in [2.24, 2.45) is 5.92 Å². The number of hydrogen-bond donors (Lipinski definition) is 1. The molecule has 0 heterocycles. The molecule has 1 fully saturated rings. The van der Waals surface area contributed by atoms with Gasteiger partial charge >= 0.3 is 0 Å². The third-order valence-corrected chi connectivity index (χ3v) is 3.95. The first-order chi connectivity index (χ1) is 6.96. The van der Waals surface area contributed by atoms with Gasteiger partial charge in [0, 0.05) is 18.1 Å². The van der Waals surface area contributed by atoms with E-state index in [-0.39, 0.29) is 5.54 Å². The van der Waals surface area contributed by atoms with Gasteiger partial charge in [-0.3, -0.25) is 0 Å². The van der Waals surface area contributed by atoms with Crippen molar-refractivity contribution in [3.8, 4) is 0 Å². The van der Waals surface area contributed by atoms with Crippen LogP contribution in [0.5, 0.6) is 0 Å². The van der Waals surface area contributed by atoms with Crippen LogP contribution in [0.15, 0.2) is 0 Å². The lowest BCUT2D eigenvalue weighted by molar-refractivity contribution is 0.113. The molecule has 1 aliphatic rings. The van der Waals surface area contributed by atoms with Crippen LogP contribution in [0.25, 0.3) is 0 Å². The summed E-state index contributed by atoms with van der Waals surface area (Å²) in [5.41, 5.74) is 0.228. The SMILES string of the molecule is CNC(C)(C)CN(C)C1CCCCC1C. The summed E-state index contributed by atoms with van der Waals surface area (Å²) in [7, 11) is 4.34. The molecule has 1 aliphatic carbocycles. The van der Waals surface area contributed by atoms with E-state index in [1.54, 1.807) is 0 Å². The maximum Gasteiger partial charge on any atom is 0.0249 e. The fraction of sp³-hybridized carbons (Fsp3) is 1.00. The normalized spacial score (nSPS) is 28.4. The van der Waals surface area contributed by atoms with E-state index in [9.17, 15) is 0 Å². The second kappa shape index (κ2) is 5.31. The predicted molar refractivity (Wildman–Crippen MR) is 67.2 cm³/mol. The minimum absolute atomic E-state index is 0.228. The number of rotatable bonds is 4. The molecular formula is C13H28N2. The average Bonchev–Trinajstić information content (AvgIpc) is 2.17. The van der Waals surface area contributed by atoms with Gasteiger partial charge in [0.2, 0.25) is 0 Å². The van der Waals surface area contributed by atoms with Crippen molar-refractivity contribution in [1.82, 2.24) is 10.2 Å². The molecule has 0 aromatic rings. The highest BCUT2D eigenvalue weighted by Crippen LogP contribution is 2.27. The first-order valence-electron chi connectivity index (χ1n) is 6.35. The van der Waals surface area contributed by atoms with E-state index < -0.39 is 0 Å². The van der Waals surface area contributed by atoms with Crippen molar-refractivity contribution in [1.29, 1.82) is 0 Å². The van der Waals surface area contributed by atoms with E-state index in [2.05, 4.69) is 45.1 Å². The van der Waals surface area contributed by atoms with E-state index in [0.29, 0.717) is 0 Å². The molecule has 0 aliphatic heterocycles. The first-order valence-corrected chi connectivity index (χ1v) is 6.35. The Morgan fingerprint density at radius 2 is 1.87 bits per heavy atom. The molecule has 2 atom stereocenters. The van der Waals surface area contributed by atoms with E-state index >= 15 is 0 Å². The molecule has 0 aromatic heterocycles. The summed E-state index contributed by atoms with van der Waals surface area (Å²) in [5.74, 6) is 0.872. The van der Waals surface area contributed by atoms with Gasteiger partial charge in [0.25, 0.3) is 0 Å². The van der Waals surface area contributed by atoms with Gasteiger partial charge in [-0.1, -0.05) is 19.8 Å². The summed E-state index contributed by atoms with van der Waals surface area (Å²) in [6.45, 7) is 8.10. The highest BCUT2D eigenvalue weighted by atomic mass is 15.2. The molecule has 1 N–H and O–H groups in total. The maximum absolute atomic E-state index is 3.38. The molecule has 2 unspecified atom stereocenters. The van der Waals surface area contributed by atoms with Gasteiger partial charge in [-0.2, -0.15) is 0 Å². The lowest BCUT2D eigenvalue weighted by atomic mass is 9.84. The van der Waals surface area contributed by atoms with Crippen LogP contribution >= 0.6 is 0 Å². The van der Waals surface area contributed by atoms with E-state index in [1.807, 2.05) is 0 Å². The van der Waals surface area contributed by atoms with Crippen LogP contribution in [0, 0.1) is 5.92 Å². The predicted octanol–water partition coefficient (Wildman–Crippen LogP) is 2.49.